The van der Waals surface area contributed by atoms with Gasteiger partial charge in [-0.05, 0) is 40.8 Å². The monoisotopic (exact) mass is 597 g/mol. The Balaban J connectivity index is 1.50. The minimum absolute atomic E-state index is 0.00530. The average molecular weight is 598 g/mol. The van der Waals surface area contributed by atoms with Gasteiger partial charge in [0.25, 0.3) is 11.7 Å². The van der Waals surface area contributed by atoms with E-state index in [1.54, 1.807) is 0 Å². The summed E-state index contributed by atoms with van der Waals surface area (Å²) in [6, 6.07) is 12.8. The van der Waals surface area contributed by atoms with Crippen molar-refractivity contribution in [2.24, 2.45) is 0 Å². The summed E-state index contributed by atoms with van der Waals surface area (Å²) in [4.78, 5) is 30.7. The lowest BCUT2D eigenvalue weighted by atomic mass is 9.85. The maximum atomic E-state index is 13.5. The Bertz CT molecular complexity index is 1430. The fraction of sp³-hybridized carbons (Fsp3) is 0.484. The second-order valence-corrected chi connectivity index (χ2v) is 13.8. The number of morpholine rings is 2. The number of aliphatic hydroxyl groups excluding tert-OH is 1. The fourth-order valence-electron chi connectivity index (χ4n) is 5.57. The fourth-order valence-corrected chi connectivity index (χ4v) is 6.98. The highest BCUT2D eigenvalue weighted by Gasteiger charge is 2.46. The van der Waals surface area contributed by atoms with Crippen LogP contribution in [-0.2, 0) is 34.5 Å². The van der Waals surface area contributed by atoms with Crippen LogP contribution in [0.1, 0.15) is 43.5 Å². The van der Waals surface area contributed by atoms with Crippen molar-refractivity contribution in [2.75, 3.05) is 65.7 Å². The normalized spacial score (nSPS) is 22.5. The van der Waals surface area contributed by atoms with Crippen LogP contribution in [0.25, 0.3) is 5.76 Å². The van der Waals surface area contributed by atoms with Gasteiger partial charge in [0.1, 0.15) is 5.76 Å². The van der Waals surface area contributed by atoms with Gasteiger partial charge in [-0.25, -0.2) is 8.42 Å². The predicted octanol–water partition coefficient (Wildman–Crippen LogP) is 2.76. The SMILES string of the molecule is CC(C)(C)c1ccc([C@H]2C(=C(O)c3ccc(S(=O)(=O)N4CCOCC4)cc3)C(=O)C(=O)N2CCN2CCOCC2)cc1. The van der Waals surface area contributed by atoms with E-state index in [1.807, 2.05) is 24.3 Å². The maximum Gasteiger partial charge on any atom is 0.295 e. The number of sulfonamides is 1. The summed E-state index contributed by atoms with van der Waals surface area (Å²) in [5.41, 5.74) is 2.00. The summed E-state index contributed by atoms with van der Waals surface area (Å²) < 4.78 is 38.2. The number of ether oxygens (including phenoxy) is 2. The third kappa shape index (κ3) is 6.16. The van der Waals surface area contributed by atoms with E-state index in [0.29, 0.717) is 39.5 Å². The number of carbonyl (C=O) groups excluding carboxylic acids is 2. The number of carbonyl (C=O) groups is 2. The number of rotatable bonds is 7. The first kappa shape index (κ1) is 30.4. The maximum absolute atomic E-state index is 13.5. The average Bonchev–Trinajstić information content (AvgIpc) is 3.25. The number of likely N-dealkylation sites (tertiary alicyclic amines) is 1. The molecule has 42 heavy (non-hydrogen) atoms. The minimum atomic E-state index is -3.73. The van der Waals surface area contributed by atoms with Gasteiger partial charge >= 0.3 is 0 Å². The molecule has 1 amide bonds. The van der Waals surface area contributed by atoms with Crippen molar-refractivity contribution in [3.8, 4) is 0 Å². The van der Waals surface area contributed by atoms with E-state index >= 15 is 0 Å². The molecule has 0 radical (unpaired) electrons. The highest BCUT2D eigenvalue weighted by Crippen LogP contribution is 2.40. The number of hydrogen-bond acceptors (Lipinski definition) is 8. The first-order valence-electron chi connectivity index (χ1n) is 14.4. The van der Waals surface area contributed by atoms with Crippen LogP contribution in [0.4, 0.5) is 0 Å². The lowest BCUT2D eigenvalue weighted by Gasteiger charge is -2.31. The highest BCUT2D eigenvalue weighted by molar-refractivity contribution is 7.89. The second kappa shape index (κ2) is 12.3. The van der Waals surface area contributed by atoms with Gasteiger partial charge in [0.15, 0.2) is 0 Å². The zero-order valence-corrected chi connectivity index (χ0v) is 25.2. The van der Waals surface area contributed by atoms with Gasteiger partial charge in [-0.15, -0.1) is 0 Å². The van der Waals surface area contributed by atoms with Crippen LogP contribution < -0.4 is 0 Å². The Labute approximate surface area is 247 Å². The summed E-state index contributed by atoms with van der Waals surface area (Å²) >= 11 is 0. The molecule has 0 aliphatic carbocycles. The molecular weight excluding hydrogens is 558 g/mol. The molecule has 0 unspecified atom stereocenters. The molecule has 2 aromatic rings. The molecular formula is C31H39N3O7S. The summed E-state index contributed by atoms with van der Waals surface area (Å²) in [6.45, 7) is 11.1. The standard InChI is InChI=1S/C31H39N3O7S/c1-31(2,3)24-8-4-22(5-9-24)27-26(29(36)30(37)34(27)13-12-32-14-18-40-19-15-32)28(35)23-6-10-25(11-7-23)42(38,39)33-16-20-41-21-17-33/h4-11,27,35H,12-21H2,1-3H3/t27-/m0/s1. The molecule has 1 atom stereocenters. The van der Waals surface area contributed by atoms with E-state index < -0.39 is 27.8 Å². The molecule has 1 N–H and O–H groups in total. The van der Waals surface area contributed by atoms with Crippen LogP contribution in [0.3, 0.4) is 0 Å². The molecule has 3 saturated heterocycles. The largest absolute Gasteiger partial charge is 0.507 e. The molecule has 0 aromatic heterocycles. The van der Waals surface area contributed by atoms with E-state index in [4.69, 9.17) is 9.47 Å². The predicted molar refractivity (Wildman–Crippen MR) is 157 cm³/mol. The van der Waals surface area contributed by atoms with E-state index in [2.05, 4.69) is 25.7 Å². The lowest BCUT2D eigenvalue weighted by molar-refractivity contribution is -0.140. The Morgan fingerprint density at radius 2 is 1.43 bits per heavy atom. The molecule has 3 fully saturated rings. The van der Waals surface area contributed by atoms with Crippen LogP contribution in [0, 0.1) is 0 Å². The van der Waals surface area contributed by atoms with Crippen molar-refractivity contribution in [2.45, 2.75) is 37.1 Å². The first-order chi connectivity index (χ1) is 20.0. The van der Waals surface area contributed by atoms with Gasteiger partial charge in [0, 0.05) is 44.8 Å². The second-order valence-electron chi connectivity index (χ2n) is 11.9. The number of aliphatic hydroxyl groups is 1. The zero-order chi connectivity index (χ0) is 30.1. The number of ketones is 1. The third-order valence-electron chi connectivity index (χ3n) is 8.13. The summed E-state index contributed by atoms with van der Waals surface area (Å²) in [5, 5.41) is 11.5. The van der Waals surface area contributed by atoms with Crippen molar-refractivity contribution in [3.05, 3.63) is 70.8 Å². The van der Waals surface area contributed by atoms with Crippen molar-refractivity contribution >= 4 is 27.5 Å². The van der Waals surface area contributed by atoms with E-state index in [1.165, 1.54) is 33.5 Å². The van der Waals surface area contributed by atoms with Gasteiger partial charge in [0.2, 0.25) is 10.0 Å². The quantitative estimate of drug-likeness (QED) is 0.294. The Morgan fingerprint density at radius 3 is 2.00 bits per heavy atom. The highest BCUT2D eigenvalue weighted by atomic mass is 32.2. The smallest absolute Gasteiger partial charge is 0.295 e. The van der Waals surface area contributed by atoms with Crippen molar-refractivity contribution < 1.29 is 32.6 Å². The van der Waals surface area contributed by atoms with Crippen molar-refractivity contribution in [1.82, 2.24) is 14.1 Å². The summed E-state index contributed by atoms with van der Waals surface area (Å²) in [5.74, 6) is -1.76. The molecule has 226 valence electrons. The molecule has 0 saturated carbocycles. The molecule has 10 nitrogen and oxygen atoms in total. The Hall–Kier alpha value is -3.09. The first-order valence-corrected chi connectivity index (χ1v) is 15.8. The minimum Gasteiger partial charge on any atom is -0.507 e. The third-order valence-corrected chi connectivity index (χ3v) is 10.0. The molecule has 2 aromatic carbocycles. The number of Topliss-reactive ketones (excluding diaryl/α,β-unsaturated/α-hetero) is 1. The molecule has 5 rings (SSSR count). The van der Waals surface area contributed by atoms with Crippen molar-refractivity contribution in [3.63, 3.8) is 0 Å². The Kier molecular flexibility index (Phi) is 8.86. The number of hydrogen-bond donors (Lipinski definition) is 1. The van der Waals surface area contributed by atoms with Crippen LogP contribution in [0.15, 0.2) is 59.0 Å². The molecule has 11 heteroatoms. The van der Waals surface area contributed by atoms with Crippen LogP contribution in [0.5, 0.6) is 0 Å². The lowest BCUT2D eigenvalue weighted by Crippen LogP contribution is -2.42. The molecule has 3 aliphatic rings. The molecule has 3 heterocycles. The van der Waals surface area contributed by atoms with Gasteiger partial charge < -0.3 is 19.5 Å². The van der Waals surface area contributed by atoms with Crippen LogP contribution in [0.2, 0.25) is 0 Å². The summed E-state index contributed by atoms with van der Waals surface area (Å²) in [6.07, 6.45) is 0. The van der Waals surface area contributed by atoms with E-state index in [-0.39, 0.29) is 40.3 Å². The Morgan fingerprint density at radius 1 is 0.857 bits per heavy atom. The molecule has 0 bridgehead atoms. The zero-order valence-electron chi connectivity index (χ0n) is 24.4. The van der Waals surface area contributed by atoms with Crippen LogP contribution >= 0.6 is 0 Å². The number of benzene rings is 2. The number of nitrogens with zero attached hydrogens (tertiary/aromatic N) is 3. The van der Waals surface area contributed by atoms with Gasteiger partial charge in [0.05, 0.1) is 42.9 Å². The van der Waals surface area contributed by atoms with Gasteiger partial charge in [-0.3, -0.25) is 14.5 Å². The van der Waals surface area contributed by atoms with Crippen molar-refractivity contribution in [1.29, 1.82) is 0 Å². The molecule has 0 spiro atoms. The summed E-state index contributed by atoms with van der Waals surface area (Å²) in [7, 11) is -3.73. The van der Waals surface area contributed by atoms with Crippen LogP contribution in [-0.4, -0.2) is 105 Å². The van der Waals surface area contributed by atoms with Gasteiger partial charge in [-0.2, -0.15) is 4.31 Å². The van der Waals surface area contributed by atoms with Gasteiger partial charge in [-0.1, -0.05) is 45.0 Å². The number of amides is 1. The molecule has 3 aliphatic heterocycles. The topological polar surface area (TPSA) is 117 Å². The van der Waals surface area contributed by atoms with E-state index in [0.717, 1.165) is 24.2 Å². The van der Waals surface area contributed by atoms with E-state index in [9.17, 15) is 23.1 Å².